The maximum Gasteiger partial charge on any atom is 0.151 e. The molecule has 0 atom stereocenters. The van der Waals surface area contributed by atoms with E-state index in [0.29, 0.717) is 6.04 Å². The van der Waals surface area contributed by atoms with Crippen molar-refractivity contribution in [1.29, 1.82) is 0 Å². The first kappa shape index (κ1) is 16.4. The minimum Gasteiger partial charge on any atom is -0.497 e. The fourth-order valence-electron chi connectivity index (χ4n) is 1.85. The molecule has 0 unspecified atom stereocenters. The summed E-state index contributed by atoms with van der Waals surface area (Å²) in [5, 5.41) is 7.91. The zero-order chi connectivity index (χ0) is 13.8. The molecule has 0 aliphatic heterocycles. The van der Waals surface area contributed by atoms with Crippen molar-refractivity contribution in [2.24, 2.45) is 0 Å². The van der Waals surface area contributed by atoms with E-state index in [0.717, 1.165) is 18.1 Å². The van der Waals surface area contributed by atoms with Crippen molar-refractivity contribution in [2.75, 3.05) is 12.4 Å². The molecule has 0 spiro atoms. The molecule has 1 N–H and O–H groups in total. The first-order valence-electron chi connectivity index (χ1n) is 6.52. The van der Waals surface area contributed by atoms with Gasteiger partial charge in [-0.1, -0.05) is 12.1 Å². The van der Waals surface area contributed by atoms with E-state index in [9.17, 15) is 0 Å². The molecule has 20 heavy (non-hydrogen) atoms. The second kappa shape index (κ2) is 7.20. The van der Waals surface area contributed by atoms with Crippen LogP contribution in [-0.4, -0.2) is 16.9 Å². The third-order valence-electron chi connectivity index (χ3n) is 3.06. The Bertz CT molecular complexity index is 535. The molecule has 1 aromatic heterocycles. The van der Waals surface area contributed by atoms with Crippen molar-refractivity contribution < 1.29 is 4.74 Å². The first-order valence-corrected chi connectivity index (χ1v) is 6.52. The van der Waals surface area contributed by atoms with E-state index in [1.807, 2.05) is 16.8 Å². The molecule has 1 aromatic carbocycles. The average Bonchev–Trinajstić information content (AvgIpc) is 2.79. The van der Waals surface area contributed by atoms with Crippen molar-refractivity contribution in [3.63, 3.8) is 0 Å². The number of aromatic nitrogens is 2. The van der Waals surface area contributed by atoms with Crippen LogP contribution in [0.3, 0.4) is 0 Å². The van der Waals surface area contributed by atoms with Gasteiger partial charge in [0, 0.05) is 24.3 Å². The molecule has 0 amide bonds. The molecule has 0 fully saturated rings. The molecule has 0 aliphatic rings. The Balaban J connectivity index is 0.00000200. The maximum absolute atomic E-state index is 5.14. The summed E-state index contributed by atoms with van der Waals surface area (Å²) in [5.41, 5.74) is 2.38. The van der Waals surface area contributed by atoms with Gasteiger partial charge in [0.2, 0.25) is 0 Å². The number of hydrogen-bond donors (Lipinski definition) is 1. The molecule has 110 valence electrons. The van der Waals surface area contributed by atoms with E-state index < -0.39 is 0 Å². The second-order valence-electron chi connectivity index (χ2n) is 4.94. The lowest BCUT2D eigenvalue weighted by atomic mass is 10.2. The molecule has 0 saturated heterocycles. The number of methoxy groups -OCH3 is 1. The SMILES string of the molecule is COc1ccc(CNc2nn(C(C)C)cc2C)cc1.Cl. The molecule has 2 aromatic rings. The van der Waals surface area contributed by atoms with Gasteiger partial charge < -0.3 is 10.1 Å². The molecule has 0 saturated carbocycles. The van der Waals surface area contributed by atoms with E-state index in [1.165, 1.54) is 11.1 Å². The van der Waals surface area contributed by atoms with Gasteiger partial charge in [-0.2, -0.15) is 5.10 Å². The summed E-state index contributed by atoms with van der Waals surface area (Å²) in [6.45, 7) is 7.08. The van der Waals surface area contributed by atoms with Gasteiger partial charge in [-0.05, 0) is 38.5 Å². The summed E-state index contributed by atoms with van der Waals surface area (Å²) < 4.78 is 7.12. The molecular formula is C15H22ClN3O. The zero-order valence-electron chi connectivity index (χ0n) is 12.4. The smallest absolute Gasteiger partial charge is 0.151 e. The average molecular weight is 296 g/mol. The summed E-state index contributed by atoms with van der Waals surface area (Å²) >= 11 is 0. The van der Waals surface area contributed by atoms with Crippen LogP contribution in [-0.2, 0) is 6.54 Å². The number of nitrogens with zero attached hydrogens (tertiary/aromatic N) is 2. The topological polar surface area (TPSA) is 39.1 Å². The number of aryl methyl sites for hydroxylation is 1. The Morgan fingerprint density at radius 3 is 2.40 bits per heavy atom. The van der Waals surface area contributed by atoms with Gasteiger partial charge in [0.1, 0.15) is 5.75 Å². The van der Waals surface area contributed by atoms with E-state index in [4.69, 9.17) is 4.74 Å². The van der Waals surface area contributed by atoms with Gasteiger partial charge in [-0.15, -0.1) is 12.4 Å². The van der Waals surface area contributed by atoms with Crippen molar-refractivity contribution >= 4 is 18.2 Å². The highest BCUT2D eigenvalue weighted by Crippen LogP contribution is 2.17. The monoisotopic (exact) mass is 295 g/mol. The number of hydrogen-bond acceptors (Lipinski definition) is 3. The standard InChI is InChI=1S/C15H21N3O.ClH/c1-11(2)18-10-12(3)15(17-18)16-9-13-5-7-14(19-4)8-6-13;/h5-8,10-11H,9H2,1-4H3,(H,16,17);1H. The summed E-state index contributed by atoms with van der Waals surface area (Å²) in [4.78, 5) is 0. The summed E-state index contributed by atoms with van der Waals surface area (Å²) in [6.07, 6.45) is 2.07. The third-order valence-corrected chi connectivity index (χ3v) is 3.06. The number of rotatable bonds is 5. The zero-order valence-corrected chi connectivity index (χ0v) is 13.2. The third kappa shape index (κ3) is 3.90. The van der Waals surface area contributed by atoms with Crippen LogP contribution < -0.4 is 10.1 Å². The van der Waals surface area contributed by atoms with Crippen LogP contribution in [0.1, 0.15) is 31.0 Å². The minimum absolute atomic E-state index is 0. The van der Waals surface area contributed by atoms with Gasteiger partial charge in [-0.25, -0.2) is 0 Å². The fourth-order valence-corrected chi connectivity index (χ4v) is 1.85. The summed E-state index contributed by atoms with van der Waals surface area (Å²) in [7, 11) is 1.68. The lowest BCUT2D eigenvalue weighted by Crippen LogP contribution is -2.04. The van der Waals surface area contributed by atoms with E-state index in [1.54, 1.807) is 7.11 Å². The van der Waals surface area contributed by atoms with Crippen LogP contribution in [0, 0.1) is 6.92 Å². The Morgan fingerprint density at radius 1 is 1.25 bits per heavy atom. The number of anilines is 1. The van der Waals surface area contributed by atoms with Crippen molar-refractivity contribution in [3.8, 4) is 5.75 Å². The fraction of sp³-hybridized carbons (Fsp3) is 0.400. The van der Waals surface area contributed by atoms with Crippen molar-refractivity contribution in [3.05, 3.63) is 41.6 Å². The maximum atomic E-state index is 5.14. The second-order valence-corrected chi connectivity index (χ2v) is 4.94. The number of ether oxygens (including phenoxy) is 1. The Kier molecular flexibility index (Phi) is 5.89. The Morgan fingerprint density at radius 2 is 1.90 bits per heavy atom. The summed E-state index contributed by atoms with van der Waals surface area (Å²) in [6, 6.07) is 8.43. The molecule has 2 rings (SSSR count). The van der Waals surface area contributed by atoms with Crippen LogP contribution in [0.2, 0.25) is 0 Å². The van der Waals surface area contributed by atoms with Crippen LogP contribution in [0.5, 0.6) is 5.75 Å². The van der Waals surface area contributed by atoms with Crippen LogP contribution >= 0.6 is 12.4 Å². The van der Waals surface area contributed by atoms with Crippen molar-refractivity contribution in [2.45, 2.75) is 33.4 Å². The van der Waals surface area contributed by atoms with Gasteiger partial charge in [-0.3, -0.25) is 4.68 Å². The summed E-state index contributed by atoms with van der Waals surface area (Å²) in [5.74, 6) is 1.83. The molecular weight excluding hydrogens is 274 g/mol. The normalized spacial score (nSPS) is 10.2. The van der Waals surface area contributed by atoms with E-state index >= 15 is 0 Å². The Hall–Kier alpha value is -1.68. The lowest BCUT2D eigenvalue weighted by molar-refractivity contribution is 0.414. The highest BCUT2D eigenvalue weighted by atomic mass is 35.5. The molecule has 0 aliphatic carbocycles. The van der Waals surface area contributed by atoms with E-state index in [-0.39, 0.29) is 12.4 Å². The quantitative estimate of drug-likeness (QED) is 0.911. The molecule has 0 bridgehead atoms. The van der Waals surface area contributed by atoms with Crippen LogP contribution in [0.15, 0.2) is 30.5 Å². The van der Waals surface area contributed by atoms with E-state index in [2.05, 4.69) is 49.5 Å². The highest BCUT2D eigenvalue weighted by molar-refractivity contribution is 5.85. The predicted molar refractivity (Wildman–Crippen MR) is 84.9 cm³/mol. The van der Waals surface area contributed by atoms with Gasteiger partial charge in [0.15, 0.2) is 5.82 Å². The minimum atomic E-state index is 0. The number of halogens is 1. The van der Waals surface area contributed by atoms with Gasteiger partial charge in [0.05, 0.1) is 7.11 Å². The molecule has 0 radical (unpaired) electrons. The lowest BCUT2D eigenvalue weighted by Gasteiger charge is -2.06. The van der Waals surface area contributed by atoms with Gasteiger partial charge in [0.25, 0.3) is 0 Å². The number of benzene rings is 1. The Labute approximate surface area is 126 Å². The molecule has 4 nitrogen and oxygen atoms in total. The number of nitrogens with one attached hydrogen (secondary N) is 1. The van der Waals surface area contributed by atoms with Crippen LogP contribution in [0.25, 0.3) is 0 Å². The van der Waals surface area contributed by atoms with Crippen molar-refractivity contribution in [1.82, 2.24) is 9.78 Å². The molecule has 5 heteroatoms. The van der Waals surface area contributed by atoms with Crippen LogP contribution in [0.4, 0.5) is 5.82 Å². The first-order chi connectivity index (χ1) is 9.10. The largest absolute Gasteiger partial charge is 0.497 e. The highest BCUT2D eigenvalue weighted by Gasteiger charge is 2.06. The van der Waals surface area contributed by atoms with Gasteiger partial charge >= 0.3 is 0 Å². The molecule has 1 heterocycles. The predicted octanol–water partition coefficient (Wildman–Crippen LogP) is 3.81.